The van der Waals surface area contributed by atoms with E-state index < -0.39 is 0 Å². The van der Waals surface area contributed by atoms with Crippen molar-refractivity contribution in [2.45, 2.75) is 6.92 Å². The van der Waals surface area contributed by atoms with E-state index in [-0.39, 0.29) is 12.5 Å². The fraction of sp³-hybridized carbons (Fsp3) is 0.250. The van der Waals surface area contributed by atoms with Crippen molar-refractivity contribution in [1.82, 2.24) is 9.80 Å². The highest BCUT2D eigenvalue weighted by atomic mass is 16.5. The number of benzene rings is 3. The molecule has 2 heterocycles. The Hall–Kier alpha value is -3.93. The Morgan fingerprint density at radius 3 is 2.35 bits per heavy atom. The summed E-state index contributed by atoms with van der Waals surface area (Å²) in [7, 11) is 2.00. The average molecular weight is 455 g/mol. The van der Waals surface area contributed by atoms with Gasteiger partial charge < -0.3 is 24.3 Å². The van der Waals surface area contributed by atoms with Crippen molar-refractivity contribution in [1.29, 1.82) is 0 Å². The van der Waals surface area contributed by atoms with Gasteiger partial charge in [0.1, 0.15) is 5.75 Å². The third-order valence-electron chi connectivity index (χ3n) is 6.48. The number of nitrogens with zero attached hydrogens (tertiary/aromatic N) is 4. The summed E-state index contributed by atoms with van der Waals surface area (Å²) in [6, 6.07) is 20.6. The Labute approximate surface area is 200 Å². The zero-order valence-electron chi connectivity index (χ0n) is 19.7. The molecule has 1 amide bonds. The van der Waals surface area contributed by atoms with E-state index in [1.165, 1.54) is 11.3 Å². The first-order valence-electron chi connectivity index (χ1n) is 11.7. The first-order valence-corrected chi connectivity index (χ1v) is 11.7. The molecule has 1 fully saturated rings. The van der Waals surface area contributed by atoms with Crippen molar-refractivity contribution >= 4 is 28.1 Å². The van der Waals surface area contributed by atoms with Crippen LogP contribution < -0.4 is 14.5 Å². The highest BCUT2D eigenvalue weighted by Gasteiger charge is 2.22. The molecule has 3 aromatic carbocycles. The molecule has 0 aromatic heterocycles. The first kappa shape index (κ1) is 21.9. The summed E-state index contributed by atoms with van der Waals surface area (Å²) in [5.41, 5.74) is 3.59. The first-order chi connectivity index (χ1) is 16.6. The molecule has 1 saturated heterocycles. The van der Waals surface area contributed by atoms with Crippen molar-refractivity contribution in [3.8, 4) is 5.75 Å². The van der Waals surface area contributed by atoms with Crippen molar-refractivity contribution < 1.29 is 9.53 Å². The minimum Gasteiger partial charge on any atom is -0.484 e. The molecule has 0 aliphatic carbocycles. The fourth-order valence-electron chi connectivity index (χ4n) is 4.52. The number of hydrogen-bond acceptors (Lipinski definition) is 5. The second-order valence-corrected chi connectivity index (χ2v) is 8.77. The summed E-state index contributed by atoms with van der Waals surface area (Å²) in [6.45, 7) is 5.27. The lowest BCUT2D eigenvalue weighted by atomic mass is 10.1. The number of aryl methyl sites for hydroxylation is 1. The molecule has 6 heteroatoms. The second kappa shape index (κ2) is 9.51. The highest BCUT2D eigenvalue weighted by Crippen LogP contribution is 2.31. The molecular weight excluding hydrogens is 424 g/mol. The van der Waals surface area contributed by atoms with E-state index in [2.05, 4.69) is 59.2 Å². The van der Waals surface area contributed by atoms with Gasteiger partial charge in [-0.3, -0.25) is 4.79 Å². The summed E-state index contributed by atoms with van der Waals surface area (Å²) >= 11 is 0. The van der Waals surface area contributed by atoms with Crippen LogP contribution in [0.5, 0.6) is 5.75 Å². The molecule has 0 spiro atoms. The quantitative estimate of drug-likeness (QED) is 0.565. The van der Waals surface area contributed by atoms with E-state index >= 15 is 0 Å². The van der Waals surface area contributed by atoms with E-state index in [4.69, 9.17) is 4.74 Å². The molecule has 34 heavy (non-hydrogen) atoms. The summed E-state index contributed by atoms with van der Waals surface area (Å²) in [5.74, 6) is 0.733. The molecule has 6 nitrogen and oxygen atoms in total. The Morgan fingerprint density at radius 1 is 0.853 bits per heavy atom. The van der Waals surface area contributed by atoms with Crippen LogP contribution in [0.3, 0.4) is 0 Å². The summed E-state index contributed by atoms with van der Waals surface area (Å²) in [4.78, 5) is 21.2. The Balaban J connectivity index is 1.23. The third kappa shape index (κ3) is 4.57. The summed E-state index contributed by atoms with van der Waals surface area (Å²) < 4.78 is 5.95. The van der Waals surface area contributed by atoms with Gasteiger partial charge in [-0.1, -0.05) is 36.4 Å². The van der Waals surface area contributed by atoms with E-state index in [1.807, 2.05) is 59.8 Å². The standard InChI is InChI=1S/C28H30N4O2/c1-22-6-3-4-8-26(22)30-16-18-32(19-17-30)28(33)21-34-24-11-10-23-7-5-9-27(25(23)20-24)31-14-12-29(2)13-15-31/h3-15,20H,16-19,21H2,1-2H3. The number of piperazine rings is 1. The minimum atomic E-state index is 0.0303. The highest BCUT2D eigenvalue weighted by molar-refractivity contribution is 5.96. The molecule has 5 rings (SSSR count). The summed E-state index contributed by atoms with van der Waals surface area (Å²) in [6.07, 6.45) is 8.08. The Bertz CT molecular complexity index is 1230. The predicted octanol–water partition coefficient (Wildman–Crippen LogP) is 4.57. The van der Waals surface area contributed by atoms with Crippen LogP contribution in [0.15, 0.2) is 85.5 Å². The smallest absolute Gasteiger partial charge is 0.260 e. The molecule has 0 radical (unpaired) electrons. The molecular formula is C28H30N4O2. The lowest BCUT2D eigenvalue weighted by molar-refractivity contribution is -0.133. The number of para-hydroxylation sites is 1. The molecule has 0 saturated carbocycles. The monoisotopic (exact) mass is 454 g/mol. The van der Waals surface area contributed by atoms with Gasteiger partial charge in [0, 0.05) is 69.1 Å². The molecule has 0 N–H and O–H groups in total. The predicted molar refractivity (Wildman–Crippen MR) is 138 cm³/mol. The minimum absolute atomic E-state index is 0.0303. The van der Waals surface area contributed by atoms with E-state index in [1.54, 1.807) is 0 Å². The van der Waals surface area contributed by atoms with Crippen molar-refractivity contribution in [2.24, 2.45) is 0 Å². The van der Waals surface area contributed by atoms with Crippen molar-refractivity contribution in [3.63, 3.8) is 0 Å². The zero-order valence-corrected chi connectivity index (χ0v) is 19.7. The van der Waals surface area contributed by atoms with Crippen LogP contribution in [0.4, 0.5) is 11.4 Å². The van der Waals surface area contributed by atoms with Crippen LogP contribution in [0.2, 0.25) is 0 Å². The Morgan fingerprint density at radius 2 is 1.59 bits per heavy atom. The van der Waals surface area contributed by atoms with Crippen LogP contribution >= 0.6 is 0 Å². The SMILES string of the molecule is Cc1ccccc1N1CCN(C(=O)COc2ccc3cccc(N4C=CN(C)C=C4)c3c2)CC1. The van der Waals surface area contributed by atoms with Gasteiger partial charge >= 0.3 is 0 Å². The van der Waals surface area contributed by atoms with Crippen LogP contribution in [-0.2, 0) is 4.79 Å². The number of fused-ring (bicyclic) bond motifs is 1. The maximum absolute atomic E-state index is 12.8. The van der Waals surface area contributed by atoms with E-state index in [0.717, 1.165) is 29.5 Å². The molecule has 174 valence electrons. The van der Waals surface area contributed by atoms with Gasteiger partial charge in [0.15, 0.2) is 6.61 Å². The largest absolute Gasteiger partial charge is 0.484 e. The fourth-order valence-corrected chi connectivity index (χ4v) is 4.52. The number of rotatable bonds is 5. The lowest BCUT2D eigenvalue weighted by Crippen LogP contribution is -2.50. The average Bonchev–Trinajstić information content (AvgIpc) is 2.88. The van der Waals surface area contributed by atoms with Gasteiger partial charge in [-0.05, 0) is 42.1 Å². The normalized spacial score (nSPS) is 15.8. The van der Waals surface area contributed by atoms with Gasteiger partial charge in [0.2, 0.25) is 0 Å². The molecule has 0 atom stereocenters. The number of anilines is 2. The Kier molecular flexibility index (Phi) is 6.12. The molecule has 3 aromatic rings. The van der Waals surface area contributed by atoms with Gasteiger partial charge in [-0.25, -0.2) is 0 Å². The van der Waals surface area contributed by atoms with Crippen LogP contribution in [0.25, 0.3) is 10.8 Å². The maximum Gasteiger partial charge on any atom is 0.260 e. The second-order valence-electron chi connectivity index (χ2n) is 8.77. The number of carbonyl (C=O) groups is 1. The van der Waals surface area contributed by atoms with Crippen LogP contribution in [0, 0.1) is 6.92 Å². The molecule has 2 aliphatic rings. The number of amides is 1. The third-order valence-corrected chi connectivity index (χ3v) is 6.48. The zero-order chi connectivity index (χ0) is 23.5. The van der Waals surface area contributed by atoms with Gasteiger partial charge in [0.25, 0.3) is 5.91 Å². The van der Waals surface area contributed by atoms with E-state index in [0.29, 0.717) is 18.8 Å². The number of carbonyl (C=O) groups excluding carboxylic acids is 1. The molecule has 0 bridgehead atoms. The van der Waals surface area contributed by atoms with Gasteiger partial charge in [0.05, 0.1) is 5.69 Å². The van der Waals surface area contributed by atoms with Gasteiger partial charge in [-0.2, -0.15) is 0 Å². The maximum atomic E-state index is 12.8. The number of ether oxygens (including phenoxy) is 1. The number of hydrogen-bond donors (Lipinski definition) is 0. The van der Waals surface area contributed by atoms with Crippen LogP contribution in [-0.4, -0.2) is 55.5 Å². The topological polar surface area (TPSA) is 39.3 Å². The van der Waals surface area contributed by atoms with Crippen LogP contribution in [0.1, 0.15) is 5.56 Å². The molecule has 0 unspecified atom stereocenters. The lowest BCUT2D eigenvalue weighted by Gasteiger charge is -2.36. The summed E-state index contributed by atoms with van der Waals surface area (Å²) in [5, 5.41) is 2.21. The van der Waals surface area contributed by atoms with Gasteiger partial charge in [-0.15, -0.1) is 0 Å². The molecule has 2 aliphatic heterocycles. The van der Waals surface area contributed by atoms with Crippen molar-refractivity contribution in [3.05, 3.63) is 91.0 Å². The van der Waals surface area contributed by atoms with Crippen molar-refractivity contribution in [2.75, 3.05) is 49.6 Å². The van der Waals surface area contributed by atoms with E-state index in [9.17, 15) is 4.79 Å².